The summed E-state index contributed by atoms with van der Waals surface area (Å²) in [6.45, 7) is 3.72. The molecule has 0 unspecified atom stereocenters. The molecule has 0 N–H and O–H groups in total. The Morgan fingerprint density at radius 1 is 1.38 bits per heavy atom. The molecule has 0 heterocycles. The van der Waals surface area contributed by atoms with E-state index in [0.29, 0.717) is 16.5 Å². The number of halogens is 2. The minimum atomic E-state index is -0.540. The summed E-state index contributed by atoms with van der Waals surface area (Å²) < 4.78 is 5.60. The summed E-state index contributed by atoms with van der Waals surface area (Å²) in [4.78, 5) is 0. The molecular weight excluding hydrogens is 243 g/mol. The summed E-state index contributed by atoms with van der Waals surface area (Å²) in [6.07, 6.45) is 5.41. The highest BCUT2D eigenvalue weighted by atomic mass is 35.5. The second-order valence-corrected chi connectivity index (χ2v) is 4.45. The minimum absolute atomic E-state index is 0.527. The average molecular weight is 255 g/mol. The van der Waals surface area contributed by atoms with E-state index in [4.69, 9.17) is 34.4 Å². The van der Waals surface area contributed by atoms with Crippen molar-refractivity contribution in [3.63, 3.8) is 0 Å². The molecule has 0 aromatic heterocycles. The van der Waals surface area contributed by atoms with Gasteiger partial charge in [-0.05, 0) is 38.1 Å². The minimum Gasteiger partial charge on any atom is -0.459 e. The molecule has 0 spiro atoms. The molecule has 0 aliphatic heterocycles. The summed E-state index contributed by atoms with van der Waals surface area (Å²) >= 11 is 11.5. The first-order valence-electron chi connectivity index (χ1n) is 4.71. The smallest absolute Gasteiger partial charge is 0.133 e. The Balaban J connectivity index is 2.89. The lowest BCUT2D eigenvalue weighted by atomic mass is 9.93. The molecule has 0 fully saturated rings. The van der Waals surface area contributed by atoms with Crippen LogP contribution in [0.2, 0.25) is 5.02 Å². The van der Waals surface area contributed by atoms with Crippen LogP contribution < -0.4 is 4.74 Å². The van der Waals surface area contributed by atoms with Gasteiger partial charge in [0.05, 0.1) is 5.41 Å². The third kappa shape index (κ3) is 3.20. The van der Waals surface area contributed by atoms with Crippen LogP contribution >= 0.6 is 23.2 Å². The molecule has 0 saturated carbocycles. The van der Waals surface area contributed by atoms with E-state index in [1.54, 1.807) is 24.3 Å². The fourth-order valence-corrected chi connectivity index (χ4v) is 1.43. The Labute approximate surface area is 106 Å². The summed E-state index contributed by atoms with van der Waals surface area (Å²) in [5.74, 6) is 3.80. The van der Waals surface area contributed by atoms with Crippen LogP contribution in [0.5, 0.6) is 5.75 Å². The summed E-state index contributed by atoms with van der Waals surface area (Å²) in [5.41, 5.74) is 0.815. The Bertz CT molecular complexity index is 424. The molecule has 1 rings (SSSR count). The maximum atomic E-state index is 5.77. The van der Waals surface area contributed by atoms with Gasteiger partial charge in [0, 0.05) is 10.6 Å². The number of benzene rings is 1. The molecule has 0 radical (unpaired) electrons. The normalized spacial score (nSPS) is 12.1. The SMILES string of the molecule is C#CC(C)(C)/C(=C/Cl)Oc1ccc(Cl)cc1. The molecule has 1 nitrogen and oxygen atoms in total. The zero-order valence-corrected chi connectivity index (χ0v) is 10.6. The largest absolute Gasteiger partial charge is 0.459 e. The van der Waals surface area contributed by atoms with E-state index in [9.17, 15) is 0 Å². The topological polar surface area (TPSA) is 9.23 Å². The van der Waals surface area contributed by atoms with Crippen molar-refractivity contribution < 1.29 is 4.74 Å². The molecule has 0 amide bonds. The van der Waals surface area contributed by atoms with E-state index in [1.807, 2.05) is 13.8 Å². The third-order valence-corrected chi connectivity index (χ3v) is 2.57. The molecule has 1 aromatic carbocycles. The Hall–Kier alpha value is -1.10. The van der Waals surface area contributed by atoms with Crippen LogP contribution in [0.15, 0.2) is 35.6 Å². The van der Waals surface area contributed by atoms with E-state index >= 15 is 0 Å². The molecule has 0 atom stereocenters. The summed E-state index contributed by atoms with van der Waals surface area (Å²) in [6, 6.07) is 7.00. The molecule has 0 saturated heterocycles. The van der Waals surface area contributed by atoms with Crippen LogP contribution in [0.4, 0.5) is 0 Å². The van der Waals surface area contributed by atoms with E-state index in [1.165, 1.54) is 5.54 Å². The average Bonchev–Trinajstić information content (AvgIpc) is 2.28. The van der Waals surface area contributed by atoms with Crippen molar-refractivity contribution in [3.8, 4) is 18.1 Å². The number of allylic oxidation sites excluding steroid dienone is 1. The van der Waals surface area contributed by atoms with Gasteiger partial charge in [-0.3, -0.25) is 0 Å². The van der Waals surface area contributed by atoms with Gasteiger partial charge in [-0.15, -0.1) is 6.42 Å². The van der Waals surface area contributed by atoms with E-state index in [-0.39, 0.29) is 0 Å². The quantitative estimate of drug-likeness (QED) is 0.572. The lowest BCUT2D eigenvalue weighted by Gasteiger charge is -2.21. The number of hydrogen-bond donors (Lipinski definition) is 0. The lowest BCUT2D eigenvalue weighted by molar-refractivity contribution is 0.329. The van der Waals surface area contributed by atoms with Crippen molar-refractivity contribution in [2.75, 3.05) is 0 Å². The fraction of sp³-hybridized carbons (Fsp3) is 0.231. The van der Waals surface area contributed by atoms with Crippen molar-refractivity contribution in [2.24, 2.45) is 5.41 Å². The Morgan fingerprint density at radius 3 is 2.38 bits per heavy atom. The number of terminal acetylenes is 1. The third-order valence-electron chi connectivity index (χ3n) is 2.12. The van der Waals surface area contributed by atoms with Crippen molar-refractivity contribution in [2.45, 2.75) is 13.8 Å². The highest BCUT2D eigenvalue weighted by Crippen LogP contribution is 2.29. The van der Waals surface area contributed by atoms with Gasteiger partial charge in [-0.2, -0.15) is 0 Å². The van der Waals surface area contributed by atoms with E-state index in [2.05, 4.69) is 5.92 Å². The molecule has 0 aliphatic rings. The zero-order valence-electron chi connectivity index (χ0n) is 9.13. The standard InChI is InChI=1S/C13H12Cl2O/c1-4-13(2,3)12(9-14)16-11-7-5-10(15)6-8-11/h1,5-9H,2-3H3/b12-9-. The first-order chi connectivity index (χ1) is 7.49. The Morgan fingerprint density at radius 2 is 1.94 bits per heavy atom. The van der Waals surface area contributed by atoms with Crippen LogP contribution in [0.1, 0.15) is 13.8 Å². The van der Waals surface area contributed by atoms with Crippen molar-refractivity contribution >= 4 is 23.2 Å². The van der Waals surface area contributed by atoms with Gasteiger partial charge in [-0.1, -0.05) is 29.1 Å². The second-order valence-electron chi connectivity index (χ2n) is 3.80. The summed E-state index contributed by atoms with van der Waals surface area (Å²) in [7, 11) is 0. The lowest BCUT2D eigenvalue weighted by Crippen LogP contribution is -2.16. The van der Waals surface area contributed by atoms with Gasteiger partial charge in [0.1, 0.15) is 11.5 Å². The molecule has 1 aromatic rings. The van der Waals surface area contributed by atoms with Gasteiger partial charge in [-0.25, -0.2) is 0 Å². The van der Waals surface area contributed by atoms with Gasteiger partial charge in [0.25, 0.3) is 0 Å². The Kier molecular flexibility index (Phi) is 4.29. The van der Waals surface area contributed by atoms with Gasteiger partial charge in [0.2, 0.25) is 0 Å². The van der Waals surface area contributed by atoms with Crippen molar-refractivity contribution in [1.29, 1.82) is 0 Å². The maximum Gasteiger partial charge on any atom is 0.133 e. The maximum absolute atomic E-state index is 5.77. The first kappa shape index (κ1) is 13.0. The van der Waals surface area contributed by atoms with Crippen LogP contribution in [0.25, 0.3) is 0 Å². The van der Waals surface area contributed by atoms with Crippen LogP contribution in [-0.2, 0) is 0 Å². The fourth-order valence-electron chi connectivity index (χ4n) is 0.987. The monoisotopic (exact) mass is 254 g/mol. The number of rotatable bonds is 3. The predicted octanol–water partition coefficient (Wildman–Crippen LogP) is 4.46. The van der Waals surface area contributed by atoms with Crippen LogP contribution in [-0.4, -0.2) is 0 Å². The van der Waals surface area contributed by atoms with Gasteiger partial charge < -0.3 is 4.74 Å². The molecular formula is C13H12Cl2O. The molecule has 16 heavy (non-hydrogen) atoms. The van der Waals surface area contributed by atoms with Crippen LogP contribution in [0.3, 0.4) is 0 Å². The molecule has 0 aliphatic carbocycles. The molecule has 0 bridgehead atoms. The van der Waals surface area contributed by atoms with Gasteiger partial charge in [0.15, 0.2) is 0 Å². The van der Waals surface area contributed by atoms with E-state index in [0.717, 1.165) is 0 Å². The predicted molar refractivity (Wildman–Crippen MR) is 68.6 cm³/mol. The highest BCUT2D eigenvalue weighted by molar-refractivity contribution is 6.30. The first-order valence-corrected chi connectivity index (χ1v) is 5.53. The second kappa shape index (κ2) is 5.30. The highest BCUT2D eigenvalue weighted by Gasteiger charge is 2.22. The molecule has 3 heteroatoms. The van der Waals surface area contributed by atoms with Crippen molar-refractivity contribution in [1.82, 2.24) is 0 Å². The summed E-state index contributed by atoms with van der Waals surface area (Å²) in [5, 5.41) is 0.653. The van der Waals surface area contributed by atoms with Crippen molar-refractivity contribution in [3.05, 3.63) is 40.6 Å². The number of ether oxygens (including phenoxy) is 1. The van der Waals surface area contributed by atoms with E-state index < -0.39 is 5.41 Å². The molecule has 84 valence electrons. The van der Waals surface area contributed by atoms with Crippen LogP contribution in [0, 0.1) is 17.8 Å². The zero-order chi connectivity index (χ0) is 12.2. The van der Waals surface area contributed by atoms with Gasteiger partial charge >= 0.3 is 0 Å². The number of hydrogen-bond acceptors (Lipinski definition) is 1.